The number of anilines is 1. The van der Waals surface area contributed by atoms with Crippen molar-refractivity contribution in [2.45, 2.75) is 24.9 Å². The number of carbonyl (C=O) groups excluding carboxylic acids is 1. The fourth-order valence-corrected chi connectivity index (χ4v) is 5.06. The summed E-state index contributed by atoms with van der Waals surface area (Å²) in [6.45, 7) is 2.30. The summed E-state index contributed by atoms with van der Waals surface area (Å²) in [7, 11) is 3.99. The van der Waals surface area contributed by atoms with Gasteiger partial charge in [0.05, 0.1) is 6.61 Å². The number of thiophene rings is 1. The van der Waals surface area contributed by atoms with Crippen molar-refractivity contribution in [1.29, 1.82) is 0 Å². The molecule has 5 heteroatoms. The lowest BCUT2D eigenvalue weighted by Crippen LogP contribution is -2.47. The van der Waals surface area contributed by atoms with Gasteiger partial charge in [-0.15, -0.1) is 11.3 Å². The van der Waals surface area contributed by atoms with E-state index in [1.165, 1.54) is 10.4 Å². The normalized spacial score (nSPS) is 18.9. The quantitative estimate of drug-likeness (QED) is 0.825. The minimum absolute atomic E-state index is 0.126. The Morgan fingerprint density at radius 1 is 1.24 bits per heavy atom. The van der Waals surface area contributed by atoms with E-state index in [4.69, 9.17) is 4.74 Å². The van der Waals surface area contributed by atoms with Crippen LogP contribution in [0.3, 0.4) is 0 Å². The fourth-order valence-electron chi connectivity index (χ4n) is 3.90. The number of ether oxygens (including phenoxy) is 1. The number of hydrogen-bond donors (Lipinski definition) is 0. The molecule has 1 aromatic carbocycles. The summed E-state index contributed by atoms with van der Waals surface area (Å²) < 4.78 is 6.24. The van der Waals surface area contributed by atoms with Crippen molar-refractivity contribution < 1.29 is 9.53 Å². The van der Waals surface area contributed by atoms with E-state index in [9.17, 15) is 4.79 Å². The Hall–Kier alpha value is -1.85. The smallest absolute Gasteiger partial charge is 0.253 e. The average Bonchev–Trinajstić information content (AvgIpc) is 3.12. The number of benzene rings is 1. The van der Waals surface area contributed by atoms with Gasteiger partial charge in [0, 0.05) is 43.3 Å². The van der Waals surface area contributed by atoms with Gasteiger partial charge in [-0.3, -0.25) is 4.79 Å². The Morgan fingerprint density at radius 2 is 2.04 bits per heavy atom. The Labute approximate surface area is 153 Å². The molecule has 1 saturated heterocycles. The van der Waals surface area contributed by atoms with Crippen LogP contribution in [0.4, 0.5) is 5.69 Å². The van der Waals surface area contributed by atoms with E-state index in [0.717, 1.165) is 50.2 Å². The van der Waals surface area contributed by atoms with Crippen molar-refractivity contribution in [2.24, 2.45) is 0 Å². The molecule has 2 aromatic rings. The van der Waals surface area contributed by atoms with Gasteiger partial charge in [0.2, 0.25) is 0 Å². The standard InChI is InChI=1S/C20H24N2O2S/c1-21(2)17-5-3-4-16(14-17)19(23)22-10-8-20(9-11-22)18-15(6-12-24-20)7-13-25-18/h3-5,7,13-14H,6,8-12H2,1-2H3. The van der Waals surface area contributed by atoms with Crippen LogP contribution in [0.25, 0.3) is 0 Å². The third-order valence-electron chi connectivity index (χ3n) is 5.38. The van der Waals surface area contributed by atoms with Gasteiger partial charge in [0.1, 0.15) is 5.60 Å². The van der Waals surface area contributed by atoms with Gasteiger partial charge in [-0.05, 0) is 54.5 Å². The zero-order chi connectivity index (χ0) is 17.4. The SMILES string of the molecule is CN(C)c1cccc(C(=O)N2CCC3(CC2)OCCc2ccsc23)c1. The number of hydrogen-bond acceptors (Lipinski definition) is 4. The first-order valence-corrected chi connectivity index (χ1v) is 9.74. The largest absolute Gasteiger partial charge is 0.378 e. The zero-order valence-corrected chi connectivity index (χ0v) is 15.6. The van der Waals surface area contributed by atoms with Gasteiger partial charge in [0.15, 0.2) is 0 Å². The summed E-state index contributed by atoms with van der Waals surface area (Å²) in [4.78, 5) is 18.3. The molecule has 4 nitrogen and oxygen atoms in total. The van der Waals surface area contributed by atoms with E-state index in [-0.39, 0.29) is 11.5 Å². The lowest BCUT2D eigenvalue weighted by molar-refractivity contribution is -0.0906. The van der Waals surface area contributed by atoms with E-state index in [1.54, 1.807) is 0 Å². The van der Waals surface area contributed by atoms with Crippen molar-refractivity contribution in [3.05, 3.63) is 51.7 Å². The first-order chi connectivity index (χ1) is 12.1. The van der Waals surface area contributed by atoms with Crippen molar-refractivity contribution in [3.63, 3.8) is 0 Å². The number of piperidine rings is 1. The summed E-state index contributed by atoms with van der Waals surface area (Å²) in [5.41, 5.74) is 3.10. The Balaban J connectivity index is 1.49. The minimum atomic E-state index is -0.163. The van der Waals surface area contributed by atoms with Crippen LogP contribution in [-0.2, 0) is 16.8 Å². The van der Waals surface area contributed by atoms with E-state index in [1.807, 2.05) is 59.5 Å². The van der Waals surface area contributed by atoms with Crippen LogP contribution in [0.5, 0.6) is 0 Å². The van der Waals surface area contributed by atoms with Crippen LogP contribution in [0.1, 0.15) is 33.6 Å². The van der Waals surface area contributed by atoms with E-state index in [2.05, 4.69) is 11.4 Å². The summed E-state index contributed by atoms with van der Waals surface area (Å²) >= 11 is 1.81. The molecule has 1 fully saturated rings. The number of nitrogens with zero attached hydrogens (tertiary/aromatic N) is 2. The number of rotatable bonds is 2. The molecule has 1 amide bonds. The first-order valence-electron chi connectivity index (χ1n) is 8.86. The molecule has 2 aliphatic rings. The van der Waals surface area contributed by atoms with Crippen molar-refractivity contribution in [2.75, 3.05) is 38.7 Å². The van der Waals surface area contributed by atoms with Crippen molar-refractivity contribution >= 4 is 22.9 Å². The molecule has 0 atom stereocenters. The maximum Gasteiger partial charge on any atom is 0.253 e. The van der Waals surface area contributed by atoms with Crippen LogP contribution in [0.2, 0.25) is 0 Å². The van der Waals surface area contributed by atoms with Gasteiger partial charge in [-0.2, -0.15) is 0 Å². The number of fused-ring (bicyclic) bond motifs is 2. The van der Waals surface area contributed by atoms with Crippen LogP contribution in [0, 0.1) is 0 Å². The molecule has 0 saturated carbocycles. The molecular formula is C20H24N2O2S. The number of amides is 1. The second-order valence-electron chi connectivity index (χ2n) is 7.10. The molecule has 4 rings (SSSR count). The van der Waals surface area contributed by atoms with E-state index >= 15 is 0 Å². The molecule has 3 heterocycles. The highest BCUT2D eigenvalue weighted by atomic mass is 32.1. The lowest BCUT2D eigenvalue weighted by Gasteiger charge is -2.43. The number of carbonyl (C=O) groups is 1. The molecule has 0 aliphatic carbocycles. The summed E-state index contributed by atoms with van der Waals surface area (Å²) in [5.74, 6) is 0.126. The summed E-state index contributed by atoms with van der Waals surface area (Å²) in [5, 5.41) is 2.17. The molecule has 25 heavy (non-hydrogen) atoms. The third kappa shape index (κ3) is 2.96. The van der Waals surface area contributed by atoms with Crippen LogP contribution >= 0.6 is 11.3 Å². The Bertz CT molecular complexity index is 776. The zero-order valence-electron chi connectivity index (χ0n) is 14.8. The maximum absolute atomic E-state index is 12.9. The second-order valence-corrected chi connectivity index (χ2v) is 8.02. The van der Waals surface area contributed by atoms with Crippen LogP contribution < -0.4 is 4.90 Å². The van der Waals surface area contributed by atoms with Crippen LogP contribution in [-0.4, -0.2) is 44.6 Å². The molecule has 1 aromatic heterocycles. The minimum Gasteiger partial charge on any atom is -0.378 e. The third-order valence-corrected chi connectivity index (χ3v) is 6.52. The summed E-state index contributed by atoms with van der Waals surface area (Å²) in [6, 6.07) is 10.1. The van der Waals surface area contributed by atoms with E-state index in [0.29, 0.717) is 0 Å². The van der Waals surface area contributed by atoms with Gasteiger partial charge >= 0.3 is 0 Å². The highest BCUT2D eigenvalue weighted by Gasteiger charge is 2.42. The van der Waals surface area contributed by atoms with Gasteiger partial charge in [-0.25, -0.2) is 0 Å². The predicted octanol–water partition coefficient (Wildman–Crippen LogP) is 3.52. The van der Waals surface area contributed by atoms with Crippen molar-refractivity contribution in [3.8, 4) is 0 Å². The van der Waals surface area contributed by atoms with Gasteiger partial charge < -0.3 is 14.5 Å². The van der Waals surface area contributed by atoms with Crippen LogP contribution in [0.15, 0.2) is 35.7 Å². The monoisotopic (exact) mass is 356 g/mol. The molecule has 2 aliphatic heterocycles. The summed E-state index contributed by atoms with van der Waals surface area (Å²) in [6.07, 6.45) is 2.79. The molecule has 0 radical (unpaired) electrons. The molecule has 132 valence electrons. The molecular weight excluding hydrogens is 332 g/mol. The lowest BCUT2D eigenvalue weighted by atomic mass is 9.85. The molecule has 0 unspecified atom stereocenters. The van der Waals surface area contributed by atoms with E-state index < -0.39 is 0 Å². The predicted molar refractivity (Wildman–Crippen MR) is 102 cm³/mol. The number of likely N-dealkylation sites (tertiary alicyclic amines) is 1. The topological polar surface area (TPSA) is 32.8 Å². The molecule has 1 spiro atoms. The fraction of sp³-hybridized carbons (Fsp3) is 0.450. The highest BCUT2D eigenvalue weighted by molar-refractivity contribution is 7.10. The van der Waals surface area contributed by atoms with Gasteiger partial charge in [0.25, 0.3) is 5.91 Å². The van der Waals surface area contributed by atoms with Gasteiger partial charge in [-0.1, -0.05) is 6.07 Å². The van der Waals surface area contributed by atoms with Crippen molar-refractivity contribution in [1.82, 2.24) is 4.90 Å². The Kier molecular flexibility index (Phi) is 4.29. The highest BCUT2D eigenvalue weighted by Crippen LogP contribution is 2.44. The molecule has 0 N–H and O–H groups in total. The maximum atomic E-state index is 12.9. The second kappa shape index (κ2) is 6.46. The first kappa shape index (κ1) is 16.6. The average molecular weight is 356 g/mol. The molecule has 0 bridgehead atoms. The Morgan fingerprint density at radius 3 is 2.80 bits per heavy atom.